The molecule has 0 atom stereocenters. The number of aryl methyl sites for hydroxylation is 1. The van der Waals surface area contributed by atoms with E-state index >= 15 is 0 Å². The molecular weight excluding hydrogens is 352 g/mol. The van der Waals surface area contributed by atoms with Gasteiger partial charge in [0.2, 0.25) is 5.91 Å². The van der Waals surface area contributed by atoms with Crippen LogP contribution in [0.2, 0.25) is 0 Å². The number of nitrogens with zero attached hydrogens (tertiary/aromatic N) is 3. The Balaban J connectivity index is 1.63. The Kier molecular flexibility index (Phi) is 6.11. The Morgan fingerprint density at radius 3 is 2.43 bits per heavy atom. The molecule has 0 aliphatic heterocycles. The molecule has 3 rings (SSSR count). The van der Waals surface area contributed by atoms with Crippen molar-refractivity contribution in [1.29, 1.82) is 0 Å². The SMILES string of the molecule is COc1ccc(NC(=O)CN(C)Cc2c(C)nn(-c3ccccc3)c2C)cc1. The highest BCUT2D eigenvalue weighted by Gasteiger charge is 2.16. The zero-order valence-electron chi connectivity index (χ0n) is 16.8. The van der Waals surface area contributed by atoms with E-state index < -0.39 is 0 Å². The number of carbonyl (C=O) groups excluding carboxylic acids is 1. The standard InChI is InChI=1S/C22H26N4O2/c1-16-21(17(2)26(24-16)19-8-6-5-7-9-19)14-25(3)15-22(27)23-18-10-12-20(28-4)13-11-18/h5-13H,14-15H2,1-4H3,(H,23,27). The van der Waals surface area contributed by atoms with E-state index in [2.05, 4.69) is 17.3 Å². The second-order valence-electron chi connectivity index (χ2n) is 6.85. The summed E-state index contributed by atoms with van der Waals surface area (Å²) in [6.45, 7) is 5.02. The van der Waals surface area contributed by atoms with Gasteiger partial charge in [-0.15, -0.1) is 0 Å². The van der Waals surface area contributed by atoms with Crippen LogP contribution in [0, 0.1) is 13.8 Å². The van der Waals surface area contributed by atoms with Crippen molar-refractivity contribution in [3.05, 3.63) is 71.5 Å². The van der Waals surface area contributed by atoms with Gasteiger partial charge in [-0.1, -0.05) is 18.2 Å². The number of ether oxygens (including phenoxy) is 1. The summed E-state index contributed by atoms with van der Waals surface area (Å²) in [6, 6.07) is 17.4. The third-order valence-corrected chi connectivity index (χ3v) is 4.66. The Hall–Kier alpha value is -3.12. The number of anilines is 1. The molecule has 0 saturated carbocycles. The van der Waals surface area contributed by atoms with E-state index in [1.54, 1.807) is 7.11 Å². The minimum absolute atomic E-state index is 0.0570. The van der Waals surface area contributed by atoms with E-state index in [0.717, 1.165) is 34.1 Å². The summed E-state index contributed by atoms with van der Waals surface area (Å²) < 4.78 is 7.09. The largest absolute Gasteiger partial charge is 0.497 e. The molecule has 0 fully saturated rings. The van der Waals surface area contributed by atoms with Crippen molar-refractivity contribution < 1.29 is 9.53 Å². The summed E-state index contributed by atoms with van der Waals surface area (Å²) >= 11 is 0. The molecule has 3 aromatic rings. The fourth-order valence-electron chi connectivity index (χ4n) is 3.17. The normalized spacial score (nSPS) is 10.9. The molecule has 0 aliphatic rings. The Labute approximate surface area is 165 Å². The summed E-state index contributed by atoms with van der Waals surface area (Å²) in [5, 5.41) is 7.59. The smallest absolute Gasteiger partial charge is 0.238 e. The van der Waals surface area contributed by atoms with Crippen molar-refractivity contribution >= 4 is 11.6 Å². The first-order valence-electron chi connectivity index (χ1n) is 9.21. The van der Waals surface area contributed by atoms with Gasteiger partial charge in [0.25, 0.3) is 0 Å². The fourth-order valence-corrected chi connectivity index (χ4v) is 3.17. The third-order valence-electron chi connectivity index (χ3n) is 4.66. The Morgan fingerprint density at radius 1 is 1.11 bits per heavy atom. The third kappa shape index (κ3) is 4.58. The highest BCUT2D eigenvalue weighted by atomic mass is 16.5. The molecule has 1 aromatic heterocycles. The first-order valence-corrected chi connectivity index (χ1v) is 9.21. The molecule has 28 heavy (non-hydrogen) atoms. The molecule has 6 nitrogen and oxygen atoms in total. The molecular formula is C22H26N4O2. The van der Waals surface area contributed by atoms with Crippen molar-refractivity contribution in [3.63, 3.8) is 0 Å². The van der Waals surface area contributed by atoms with E-state index in [0.29, 0.717) is 13.1 Å². The Bertz CT molecular complexity index is 933. The topological polar surface area (TPSA) is 59.4 Å². The second-order valence-corrected chi connectivity index (χ2v) is 6.85. The summed E-state index contributed by atoms with van der Waals surface area (Å²) in [4.78, 5) is 14.4. The lowest BCUT2D eigenvalue weighted by Crippen LogP contribution is -2.30. The van der Waals surface area contributed by atoms with E-state index in [1.165, 1.54) is 0 Å². The second kappa shape index (κ2) is 8.71. The first kappa shape index (κ1) is 19.6. The van der Waals surface area contributed by atoms with E-state index in [1.807, 2.05) is 78.2 Å². The fraction of sp³-hybridized carbons (Fsp3) is 0.273. The summed E-state index contributed by atoms with van der Waals surface area (Å²) in [5.41, 5.74) is 5.00. The van der Waals surface area contributed by atoms with Crippen LogP contribution in [0.3, 0.4) is 0 Å². The van der Waals surface area contributed by atoms with Gasteiger partial charge in [-0.3, -0.25) is 9.69 Å². The number of aromatic nitrogens is 2. The zero-order valence-corrected chi connectivity index (χ0v) is 16.8. The summed E-state index contributed by atoms with van der Waals surface area (Å²) in [6.07, 6.45) is 0. The van der Waals surface area contributed by atoms with Crippen LogP contribution in [-0.2, 0) is 11.3 Å². The minimum atomic E-state index is -0.0570. The van der Waals surface area contributed by atoms with Crippen molar-refractivity contribution in [2.45, 2.75) is 20.4 Å². The molecule has 0 unspecified atom stereocenters. The number of amides is 1. The zero-order chi connectivity index (χ0) is 20.1. The van der Waals surface area contributed by atoms with Gasteiger partial charge in [-0.05, 0) is 57.3 Å². The van der Waals surface area contributed by atoms with Crippen LogP contribution in [0.1, 0.15) is 17.0 Å². The number of carbonyl (C=O) groups is 1. The number of hydrogen-bond donors (Lipinski definition) is 1. The van der Waals surface area contributed by atoms with E-state index in [4.69, 9.17) is 4.74 Å². The lowest BCUT2D eigenvalue weighted by molar-refractivity contribution is -0.117. The molecule has 2 aromatic carbocycles. The predicted octanol–water partition coefficient (Wildman–Crippen LogP) is 3.57. The number of hydrogen-bond acceptors (Lipinski definition) is 4. The number of para-hydroxylation sites is 1. The van der Waals surface area contributed by atoms with Crippen molar-refractivity contribution in [2.75, 3.05) is 26.0 Å². The molecule has 146 valence electrons. The van der Waals surface area contributed by atoms with E-state index in [-0.39, 0.29) is 5.91 Å². The predicted molar refractivity (Wildman–Crippen MR) is 111 cm³/mol. The number of rotatable bonds is 7. The minimum Gasteiger partial charge on any atom is -0.497 e. The van der Waals surface area contributed by atoms with Crippen LogP contribution < -0.4 is 10.1 Å². The first-order chi connectivity index (χ1) is 13.5. The van der Waals surface area contributed by atoms with Crippen LogP contribution in [0.5, 0.6) is 5.75 Å². The van der Waals surface area contributed by atoms with Crippen LogP contribution in [0.15, 0.2) is 54.6 Å². The van der Waals surface area contributed by atoms with Crippen LogP contribution in [-0.4, -0.2) is 41.3 Å². The van der Waals surface area contributed by atoms with Gasteiger partial charge in [0, 0.05) is 23.5 Å². The van der Waals surface area contributed by atoms with Gasteiger partial charge >= 0.3 is 0 Å². The molecule has 1 heterocycles. The molecule has 0 radical (unpaired) electrons. The monoisotopic (exact) mass is 378 g/mol. The number of benzene rings is 2. The van der Waals surface area contributed by atoms with Gasteiger partial charge < -0.3 is 10.1 Å². The lowest BCUT2D eigenvalue weighted by Gasteiger charge is -2.17. The molecule has 1 N–H and O–H groups in total. The average molecular weight is 378 g/mol. The number of likely N-dealkylation sites (N-methyl/N-ethyl adjacent to an activating group) is 1. The summed E-state index contributed by atoms with van der Waals surface area (Å²) in [5.74, 6) is 0.704. The van der Waals surface area contributed by atoms with Crippen LogP contribution in [0.25, 0.3) is 5.69 Å². The van der Waals surface area contributed by atoms with Gasteiger partial charge in [0.1, 0.15) is 5.75 Å². The average Bonchev–Trinajstić information content (AvgIpc) is 2.97. The number of methoxy groups -OCH3 is 1. The molecule has 0 aliphatic carbocycles. The van der Waals surface area contributed by atoms with Gasteiger partial charge in [0.15, 0.2) is 0 Å². The molecule has 0 bridgehead atoms. The molecule has 6 heteroatoms. The van der Waals surface area contributed by atoms with Gasteiger partial charge in [-0.2, -0.15) is 5.10 Å². The quantitative estimate of drug-likeness (QED) is 0.683. The van der Waals surface area contributed by atoms with Gasteiger partial charge in [0.05, 0.1) is 25.0 Å². The van der Waals surface area contributed by atoms with Crippen LogP contribution >= 0.6 is 0 Å². The lowest BCUT2D eigenvalue weighted by atomic mass is 10.2. The highest BCUT2D eigenvalue weighted by Crippen LogP contribution is 2.19. The van der Waals surface area contributed by atoms with Crippen molar-refractivity contribution in [2.24, 2.45) is 0 Å². The Morgan fingerprint density at radius 2 is 1.79 bits per heavy atom. The maximum Gasteiger partial charge on any atom is 0.238 e. The molecule has 1 amide bonds. The molecule has 0 saturated heterocycles. The van der Waals surface area contributed by atoms with Crippen molar-refractivity contribution in [1.82, 2.24) is 14.7 Å². The summed E-state index contributed by atoms with van der Waals surface area (Å²) in [7, 11) is 3.55. The maximum absolute atomic E-state index is 12.4. The number of nitrogens with one attached hydrogen (secondary N) is 1. The maximum atomic E-state index is 12.4. The van der Waals surface area contributed by atoms with Crippen LogP contribution in [0.4, 0.5) is 5.69 Å². The van der Waals surface area contributed by atoms with Gasteiger partial charge in [-0.25, -0.2) is 4.68 Å². The molecule has 0 spiro atoms. The van der Waals surface area contributed by atoms with E-state index in [9.17, 15) is 4.79 Å². The highest BCUT2D eigenvalue weighted by molar-refractivity contribution is 5.92. The van der Waals surface area contributed by atoms with Crippen molar-refractivity contribution in [3.8, 4) is 11.4 Å².